The number of aliphatic carboxylic acids is 1. The molecule has 0 fully saturated rings. The van der Waals surface area contributed by atoms with E-state index in [1.54, 1.807) is 0 Å². The first-order chi connectivity index (χ1) is 28.5. The molecule has 0 bridgehead atoms. The van der Waals surface area contributed by atoms with Crippen LogP contribution in [0.2, 0.25) is 0 Å². The Morgan fingerprint density at radius 1 is 0.441 bits per heavy atom. The van der Waals surface area contributed by atoms with Gasteiger partial charge in [-0.15, -0.1) is 0 Å². The van der Waals surface area contributed by atoms with Gasteiger partial charge in [0.25, 0.3) is 0 Å². The minimum Gasteiger partial charge on any atom is -0.478 e. The molecule has 0 aromatic rings. The van der Waals surface area contributed by atoms with Gasteiger partial charge in [-0.05, 0) is 64.2 Å². The number of unbranched alkanes of at least 4 members (excludes halogenated alkanes) is 22. The highest BCUT2D eigenvalue weighted by molar-refractivity contribution is 5.88. The van der Waals surface area contributed by atoms with Crippen LogP contribution in [0, 0.1) is 0 Å². The SMILES string of the molecule is CCCCCCCC/C=C\CCCCCCCC(=O)OCC(COC(=O)[C@H](OC(C)=O)[C@@H](OC(C)=O)C(=O)O)OC(=O)CCCCCCC/C=C\CCCCCCCC. The highest BCUT2D eigenvalue weighted by Crippen LogP contribution is 2.15. The van der Waals surface area contributed by atoms with Gasteiger partial charge in [-0.3, -0.25) is 19.2 Å². The lowest BCUT2D eigenvalue weighted by Crippen LogP contribution is -2.47. The third-order valence-electron chi connectivity index (χ3n) is 9.76. The smallest absolute Gasteiger partial charge is 0.352 e. The van der Waals surface area contributed by atoms with Crippen LogP contribution in [0.5, 0.6) is 0 Å². The topological polar surface area (TPSA) is 169 Å². The van der Waals surface area contributed by atoms with Crippen molar-refractivity contribution >= 4 is 35.8 Å². The number of hydrogen-bond acceptors (Lipinski definition) is 11. The molecule has 0 aromatic heterocycles. The number of hydrogen-bond donors (Lipinski definition) is 1. The van der Waals surface area contributed by atoms with Gasteiger partial charge >= 0.3 is 35.8 Å². The van der Waals surface area contributed by atoms with Crippen LogP contribution in [0.1, 0.15) is 207 Å². The van der Waals surface area contributed by atoms with E-state index in [1.807, 2.05) is 0 Å². The Balaban J connectivity index is 4.82. The molecule has 0 aromatic carbocycles. The van der Waals surface area contributed by atoms with Crippen LogP contribution in [0.4, 0.5) is 0 Å². The number of carboxylic acids is 1. The molecule has 0 aliphatic rings. The van der Waals surface area contributed by atoms with Crippen LogP contribution in [0.3, 0.4) is 0 Å². The first kappa shape index (κ1) is 55.3. The van der Waals surface area contributed by atoms with Crippen molar-refractivity contribution in [3.05, 3.63) is 24.3 Å². The average Bonchev–Trinajstić information content (AvgIpc) is 3.19. The second kappa shape index (κ2) is 39.7. The largest absolute Gasteiger partial charge is 0.478 e. The van der Waals surface area contributed by atoms with E-state index in [2.05, 4.69) is 38.2 Å². The quantitative estimate of drug-likeness (QED) is 0.0269. The number of carbonyl (C=O) groups excluding carboxylic acids is 5. The summed E-state index contributed by atoms with van der Waals surface area (Å²) in [4.78, 5) is 73.2. The maximum absolute atomic E-state index is 12.9. The van der Waals surface area contributed by atoms with Crippen LogP contribution in [0.15, 0.2) is 24.3 Å². The van der Waals surface area contributed by atoms with E-state index in [0.29, 0.717) is 12.8 Å². The standard InChI is InChI=1S/C47H80O12/c1-5-7-9-11-13-15-17-19-21-23-25-27-29-31-33-35-42(50)55-37-41(38-56-47(54)45(58-40(4)49)44(46(52)53)57-39(3)48)59-43(51)36-34-32-30-28-26-24-22-20-18-16-14-12-10-8-6-2/h19-22,41,44-45H,5-18,23-38H2,1-4H3,(H,52,53)/b21-19-,22-20-/t41?,44-,45-/m1/s1. The van der Waals surface area contributed by atoms with Crippen molar-refractivity contribution in [2.24, 2.45) is 0 Å². The van der Waals surface area contributed by atoms with Gasteiger partial charge in [0.2, 0.25) is 12.2 Å². The lowest BCUT2D eigenvalue weighted by molar-refractivity contribution is -0.191. The zero-order chi connectivity index (χ0) is 43.8. The third kappa shape index (κ3) is 35.9. The normalized spacial score (nSPS) is 12.9. The van der Waals surface area contributed by atoms with Crippen LogP contribution in [0.25, 0.3) is 0 Å². The molecule has 0 radical (unpaired) electrons. The van der Waals surface area contributed by atoms with Crippen molar-refractivity contribution in [3.8, 4) is 0 Å². The molecule has 1 unspecified atom stereocenters. The summed E-state index contributed by atoms with van der Waals surface area (Å²) in [6.07, 6.45) is 33.1. The molecule has 12 heteroatoms. The molecule has 0 heterocycles. The van der Waals surface area contributed by atoms with Crippen molar-refractivity contribution in [3.63, 3.8) is 0 Å². The Morgan fingerprint density at radius 3 is 1.20 bits per heavy atom. The maximum Gasteiger partial charge on any atom is 0.352 e. The van der Waals surface area contributed by atoms with Crippen molar-refractivity contribution in [2.75, 3.05) is 13.2 Å². The van der Waals surface area contributed by atoms with Gasteiger partial charge in [-0.1, -0.05) is 141 Å². The number of esters is 5. The number of rotatable bonds is 40. The molecule has 0 saturated heterocycles. The van der Waals surface area contributed by atoms with Crippen LogP contribution >= 0.6 is 0 Å². The third-order valence-corrected chi connectivity index (χ3v) is 9.76. The molecule has 340 valence electrons. The summed E-state index contributed by atoms with van der Waals surface area (Å²) in [5.74, 6) is -6.19. The zero-order valence-corrected chi connectivity index (χ0v) is 37.2. The van der Waals surface area contributed by atoms with Crippen LogP contribution in [-0.4, -0.2) is 72.4 Å². The highest BCUT2D eigenvalue weighted by Gasteiger charge is 2.41. The number of ether oxygens (including phenoxy) is 5. The molecular formula is C47H80O12. The lowest BCUT2D eigenvalue weighted by atomic mass is 10.1. The molecule has 1 N–H and O–H groups in total. The van der Waals surface area contributed by atoms with E-state index in [1.165, 1.54) is 77.0 Å². The predicted octanol–water partition coefficient (Wildman–Crippen LogP) is 11.0. The molecular weight excluding hydrogens is 757 g/mol. The summed E-state index contributed by atoms with van der Waals surface area (Å²) >= 11 is 0. The Kier molecular flexibility index (Phi) is 37.3. The predicted molar refractivity (Wildman–Crippen MR) is 229 cm³/mol. The van der Waals surface area contributed by atoms with Crippen LogP contribution in [-0.2, 0) is 52.5 Å². The first-order valence-corrected chi connectivity index (χ1v) is 22.9. The van der Waals surface area contributed by atoms with Gasteiger partial charge in [-0.25, -0.2) is 9.59 Å². The lowest BCUT2D eigenvalue weighted by Gasteiger charge is -2.23. The molecule has 0 saturated carbocycles. The van der Waals surface area contributed by atoms with Gasteiger partial charge < -0.3 is 28.8 Å². The number of allylic oxidation sites excluding steroid dienone is 4. The van der Waals surface area contributed by atoms with E-state index >= 15 is 0 Å². The first-order valence-electron chi connectivity index (χ1n) is 22.9. The van der Waals surface area contributed by atoms with Gasteiger partial charge in [0.1, 0.15) is 13.2 Å². The second-order valence-electron chi connectivity index (χ2n) is 15.5. The van der Waals surface area contributed by atoms with E-state index in [0.717, 1.165) is 90.9 Å². The molecule has 0 spiro atoms. The van der Waals surface area contributed by atoms with Gasteiger partial charge in [0.15, 0.2) is 6.10 Å². The maximum atomic E-state index is 12.9. The second-order valence-corrected chi connectivity index (χ2v) is 15.5. The molecule has 12 nitrogen and oxygen atoms in total. The molecule has 0 aliphatic carbocycles. The monoisotopic (exact) mass is 837 g/mol. The molecule has 3 atom stereocenters. The van der Waals surface area contributed by atoms with E-state index < -0.39 is 67.3 Å². The Morgan fingerprint density at radius 2 is 0.797 bits per heavy atom. The molecule has 0 aliphatic heterocycles. The van der Waals surface area contributed by atoms with Crippen molar-refractivity contribution in [1.29, 1.82) is 0 Å². The Labute approximate surface area is 355 Å². The summed E-state index contributed by atoms with van der Waals surface area (Å²) < 4.78 is 25.6. The van der Waals surface area contributed by atoms with E-state index in [9.17, 15) is 33.9 Å². The Hall–Kier alpha value is -3.70. The summed E-state index contributed by atoms with van der Waals surface area (Å²) in [5.41, 5.74) is 0. The Bertz CT molecular complexity index is 1180. The van der Waals surface area contributed by atoms with Crippen molar-refractivity contribution in [1.82, 2.24) is 0 Å². The van der Waals surface area contributed by atoms with Gasteiger partial charge in [-0.2, -0.15) is 0 Å². The van der Waals surface area contributed by atoms with Gasteiger partial charge in [0, 0.05) is 26.7 Å². The number of carboxylic acid groups (broad SMARTS) is 1. The van der Waals surface area contributed by atoms with Crippen LogP contribution < -0.4 is 0 Å². The van der Waals surface area contributed by atoms with E-state index in [-0.39, 0.29) is 12.8 Å². The average molecular weight is 837 g/mol. The highest BCUT2D eigenvalue weighted by atomic mass is 16.6. The van der Waals surface area contributed by atoms with Crippen molar-refractivity contribution in [2.45, 2.75) is 226 Å². The summed E-state index contributed by atoms with van der Waals surface area (Å²) in [5, 5.41) is 9.52. The summed E-state index contributed by atoms with van der Waals surface area (Å²) in [7, 11) is 0. The summed E-state index contributed by atoms with van der Waals surface area (Å²) in [6, 6.07) is 0. The fourth-order valence-corrected chi connectivity index (χ4v) is 6.39. The fourth-order valence-electron chi connectivity index (χ4n) is 6.39. The zero-order valence-electron chi connectivity index (χ0n) is 37.2. The van der Waals surface area contributed by atoms with Crippen molar-refractivity contribution < 1.29 is 57.6 Å². The molecule has 59 heavy (non-hydrogen) atoms. The molecule has 0 rings (SSSR count). The van der Waals surface area contributed by atoms with Gasteiger partial charge in [0.05, 0.1) is 0 Å². The minimum atomic E-state index is -2.17. The minimum absolute atomic E-state index is 0.106. The summed E-state index contributed by atoms with van der Waals surface area (Å²) in [6.45, 7) is 5.31. The fraction of sp³-hybridized carbons (Fsp3) is 0.787. The van der Waals surface area contributed by atoms with E-state index in [4.69, 9.17) is 23.7 Å². The number of carbonyl (C=O) groups is 6. The molecule has 0 amide bonds.